The van der Waals surface area contributed by atoms with Crippen LogP contribution < -0.4 is 10.1 Å². The first-order chi connectivity index (χ1) is 12.7. The zero-order valence-corrected chi connectivity index (χ0v) is 15.7. The largest absolute Gasteiger partial charge is 0.497 e. The van der Waals surface area contributed by atoms with Gasteiger partial charge in [0.25, 0.3) is 5.91 Å². The van der Waals surface area contributed by atoms with Gasteiger partial charge in [0.15, 0.2) is 0 Å². The smallest absolute Gasteiger partial charge is 0.255 e. The van der Waals surface area contributed by atoms with Crippen LogP contribution in [-0.4, -0.2) is 42.1 Å². The Morgan fingerprint density at radius 3 is 2.65 bits per heavy atom. The Labute approximate surface area is 154 Å². The fourth-order valence-corrected chi connectivity index (χ4v) is 3.38. The van der Waals surface area contributed by atoms with Crippen LogP contribution in [0.15, 0.2) is 24.3 Å². The number of carbonyl (C=O) groups is 1. The van der Waals surface area contributed by atoms with E-state index in [1.165, 1.54) is 0 Å². The van der Waals surface area contributed by atoms with Gasteiger partial charge in [-0.25, -0.2) is 4.68 Å². The number of benzene rings is 1. The van der Waals surface area contributed by atoms with E-state index in [4.69, 9.17) is 14.6 Å². The molecule has 2 aromatic rings. The van der Waals surface area contributed by atoms with Crippen molar-refractivity contribution in [1.82, 2.24) is 15.1 Å². The zero-order valence-electron chi connectivity index (χ0n) is 15.7. The van der Waals surface area contributed by atoms with Gasteiger partial charge in [-0.2, -0.15) is 5.10 Å². The summed E-state index contributed by atoms with van der Waals surface area (Å²) < 4.78 is 12.7. The summed E-state index contributed by atoms with van der Waals surface area (Å²) in [6.07, 6.45) is 3.63. The number of carbonyl (C=O) groups excluding carboxylic acids is 1. The third kappa shape index (κ3) is 3.75. The highest BCUT2D eigenvalue weighted by molar-refractivity contribution is 5.96. The van der Waals surface area contributed by atoms with Crippen molar-refractivity contribution in [3.63, 3.8) is 0 Å². The van der Waals surface area contributed by atoms with Crippen LogP contribution in [0.4, 0.5) is 0 Å². The lowest BCUT2D eigenvalue weighted by molar-refractivity contribution is 0.0856. The SMILES string of the molecule is CCc1nn(-c2ccc(OC)cc2)c(CC)c1C(=O)NCC1CCCO1. The number of nitrogens with one attached hydrogen (secondary N) is 1. The maximum atomic E-state index is 12.9. The van der Waals surface area contributed by atoms with Crippen LogP contribution in [0.3, 0.4) is 0 Å². The molecular weight excluding hydrogens is 330 g/mol. The average Bonchev–Trinajstić information content (AvgIpc) is 3.33. The van der Waals surface area contributed by atoms with E-state index in [-0.39, 0.29) is 12.0 Å². The van der Waals surface area contributed by atoms with Gasteiger partial charge in [-0.1, -0.05) is 13.8 Å². The molecule has 1 aliphatic rings. The molecule has 1 atom stereocenters. The van der Waals surface area contributed by atoms with E-state index in [0.717, 1.165) is 48.7 Å². The molecule has 0 saturated carbocycles. The topological polar surface area (TPSA) is 65.4 Å². The second-order valence-corrected chi connectivity index (χ2v) is 6.43. The molecule has 0 spiro atoms. The summed E-state index contributed by atoms with van der Waals surface area (Å²) in [6, 6.07) is 7.72. The molecule has 1 amide bonds. The van der Waals surface area contributed by atoms with E-state index in [1.54, 1.807) is 7.11 Å². The second kappa shape index (κ2) is 8.36. The van der Waals surface area contributed by atoms with E-state index >= 15 is 0 Å². The number of aryl methyl sites for hydroxylation is 1. The predicted octanol–water partition coefficient (Wildman–Crippen LogP) is 2.91. The molecule has 26 heavy (non-hydrogen) atoms. The molecule has 1 fully saturated rings. The minimum atomic E-state index is -0.0611. The second-order valence-electron chi connectivity index (χ2n) is 6.43. The minimum Gasteiger partial charge on any atom is -0.497 e. The fourth-order valence-electron chi connectivity index (χ4n) is 3.38. The first-order valence-corrected chi connectivity index (χ1v) is 9.32. The average molecular weight is 357 g/mol. The van der Waals surface area contributed by atoms with Crippen LogP contribution in [0.25, 0.3) is 5.69 Å². The van der Waals surface area contributed by atoms with Gasteiger partial charge < -0.3 is 14.8 Å². The molecule has 1 aromatic heterocycles. The molecule has 1 saturated heterocycles. The first-order valence-electron chi connectivity index (χ1n) is 9.32. The first kappa shape index (κ1) is 18.5. The molecule has 2 heterocycles. The summed E-state index contributed by atoms with van der Waals surface area (Å²) >= 11 is 0. The summed E-state index contributed by atoms with van der Waals surface area (Å²) in [4.78, 5) is 12.9. The highest BCUT2D eigenvalue weighted by Gasteiger charge is 2.24. The predicted molar refractivity (Wildman–Crippen MR) is 100 cm³/mol. The highest BCUT2D eigenvalue weighted by atomic mass is 16.5. The summed E-state index contributed by atoms with van der Waals surface area (Å²) in [5.74, 6) is 0.734. The molecule has 140 valence electrons. The van der Waals surface area contributed by atoms with Gasteiger partial charge in [0, 0.05) is 13.2 Å². The number of nitrogens with zero attached hydrogens (tertiary/aromatic N) is 2. The Morgan fingerprint density at radius 2 is 2.08 bits per heavy atom. The molecule has 1 aliphatic heterocycles. The van der Waals surface area contributed by atoms with Crippen LogP contribution >= 0.6 is 0 Å². The monoisotopic (exact) mass is 357 g/mol. The van der Waals surface area contributed by atoms with Gasteiger partial charge in [0.2, 0.25) is 0 Å². The number of amides is 1. The van der Waals surface area contributed by atoms with Crippen molar-refractivity contribution in [2.45, 2.75) is 45.6 Å². The summed E-state index contributed by atoms with van der Waals surface area (Å²) in [6.45, 7) is 5.42. The lowest BCUT2D eigenvalue weighted by Crippen LogP contribution is -2.32. The van der Waals surface area contributed by atoms with Crippen molar-refractivity contribution in [2.24, 2.45) is 0 Å². The Hall–Kier alpha value is -2.34. The molecule has 0 radical (unpaired) electrons. The normalized spacial score (nSPS) is 16.7. The van der Waals surface area contributed by atoms with Crippen molar-refractivity contribution in [3.8, 4) is 11.4 Å². The van der Waals surface area contributed by atoms with Crippen LogP contribution in [0.2, 0.25) is 0 Å². The third-order valence-corrected chi connectivity index (χ3v) is 4.78. The number of aromatic nitrogens is 2. The van der Waals surface area contributed by atoms with E-state index < -0.39 is 0 Å². The Balaban J connectivity index is 1.88. The fraction of sp³-hybridized carbons (Fsp3) is 0.500. The zero-order chi connectivity index (χ0) is 18.5. The molecule has 3 rings (SSSR count). The van der Waals surface area contributed by atoms with Gasteiger partial charge in [-0.05, 0) is 49.9 Å². The molecule has 1 unspecified atom stereocenters. The van der Waals surface area contributed by atoms with Crippen molar-refractivity contribution in [1.29, 1.82) is 0 Å². The molecule has 0 aliphatic carbocycles. The van der Waals surface area contributed by atoms with Crippen molar-refractivity contribution >= 4 is 5.91 Å². The Morgan fingerprint density at radius 1 is 1.31 bits per heavy atom. The number of hydrogen-bond acceptors (Lipinski definition) is 4. The van der Waals surface area contributed by atoms with E-state index in [0.29, 0.717) is 18.5 Å². The molecular formula is C20H27N3O3. The number of rotatable bonds is 7. The van der Waals surface area contributed by atoms with Crippen LogP contribution in [0.5, 0.6) is 5.75 Å². The maximum absolute atomic E-state index is 12.9. The van der Waals surface area contributed by atoms with E-state index in [1.807, 2.05) is 42.8 Å². The number of hydrogen-bond donors (Lipinski definition) is 1. The molecule has 6 heteroatoms. The quantitative estimate of drug-likeness (QED) is 0.827. The Kier molecular flexibility index (Phi) is 5.93. The summed E-state index contributed by atoms with van der Waals surface area (Å²) in [5.41, 5.74) is 3.37. The standard InChI is InChI=1S/C20H27N3O3/c1-4-17-19(20(24)21-13-16-7-6-12-26-16)18(5-2)23(22-17)14-8-10-15(25-3)11-9-14/h8-11,16H,4-7,12-13H2,1-3H3,(H,21,24). The van der Waals surface area contributed by atoms with Crippen LogP contribution in [0.1, 0.15) is 48.4 Å². The van der Waals surface area contributed by atoms with E-state index in [9.17, 15) is 4.79 Å². The van der Waals surface area contributed by atoms with Crippen molar-refractivity contribution in [3.05, 3.63) is 41.2 Å². The van der Waals surface area contributed by atoms with Gasteiger partial charge in [-0.3, -0.25) is 4.79 Å². The maximum Gasteiger partial charge on any atom is 0.255 e. The minimum absolute atomic E-state index is 0.0611. The lowest BCUT2D eigenvalue weighted by atomic mass is 10.1. The number of ether oxygens (including phenoxy) is 2. The van der Waals surface area contributed by atoms with Crippen molar-refractivity contribution < 1.29 is 14.3 Å². The third-order valence-electron chi connectivity index (χ3n) is 4.78. The van der Waals surface area contributed by atoms with E-state index in [2.05, 4.69) is 5.32 Å². The van der Waals surface area contributed by atoms with Crippen molar-refractivity contribution in [2.75, 3.05) is 20.3 Å². The Bertz CT molecular complexity index is 746. The molecule has 1 N–H and O–H groups in total. The summed E-state index contributed by atoms with van der Waals surface area (Å²) in [7, 11) is 1.64. The van der Waals surface area contributed by atoms with Crippen LogP contribution in [0, 0.1) is 0 Å². The molecule has 0 bridgehead atoms. The summed E-state index contributed by atoms with van der Waals surface area (Å²) in [5, 5.41) is 7.75. The van der Waals surface area contributed by atoms with Crippen LogP contribution in [-0.2, 0) is 17.6 Å². The molecule has 1 aromatic carbocycles. The van der Waals surface area contributed by atoms with Gasteiger partial charge in [0.05, 0.1) is 35.9 Å². The highest BCUT2D eigenvalue weighted by Crippen LogP contribution is 2.22. The van der Waals surface area contributed by atoms with Gasteiger partial charge >= 0.3 is 0 Å². The van der Waals surface area contributed by atoms with Gasteiger partial charge in [0.1, 0.15) is 5.75 Å². The molecule has 6 nitrogen and oxygen atoms in total. The van der Waals surface area contributed by atoms with Gasteiger partial charge in [-0.15, -0.1) is 0 Å². The lowest BCUT2D eigenvalue weighted by Gasteiger charge is -2.12. The number of methoxy groups -OCH3 is 1.